The van der Waals surface area contributed by atoms with Gasteiger partial charge in [0.1, 0.15) is 0 Å². The molecule has 0 radical (unpaired) electrons. The first-order valence-corrected chi connectivity index (χ1v) is 7.19. The lowest BCUT2D eigenvalue weighted by Crippen LogP contribution is -2.52. The van der Waals surface area contributed by atoms with Gasteiger partial charge in [0.05, 0.1) is 11.8 Å². The highest BCUT2D eigenvalue weighted by Crippen LogP contribution is 2.34. The monoisotopic (exact) mass is 241 g/mol. The van der Waals surface area contributed by atoms with Crippen LogP contribution >= 0.6 is 0 Å². The Balaban J connectivity index is 2.41. The van der Waals surface area contributed by atoms with Crippen LogP contribution in [0, 0.1) is 0 Å². The van der Waals surface area contributed by atoms with Crippen molar-refractivity contribution >= 4 is 15.8 Å². The Labute approximate surface area is 95.7 Å². The lowest BCUT2D eigenvalue weighted by Gasteiger charge is -2.42. The molecule has 0 aromatic rings. The van der Waals surface area contributed by atoms with E-state index in [1.165, 1.54) is 22.7 Å². The van der Waals surface area contributed by atoms with E-state index < -0.39 is 15.6 Å². The molecule has 5 heteroatoms. The molecule has 1 spiro atoms. The molecule has 0 bridgehead atoms. The van der Waals surface area contributed by atoms with Gasteiger partial charge in [0, 0.05) is 6.54 Å². The van der Waals surface area contributed by atoms with Crippen molar-refractivity contribution in [1.29, 1.82) is 0 Å². The number of allylic oxidation sites excluding steroid dienone is 2. The van der Waals surface area contributed by atoms with Gasteiger partial charge in [-0.15, -0.1) is 0 Å². The predicted molar refractivity (Wildman–Crippen MR) is 61.4 cm³/mol. The zero-order valence-electron chi connectivity index (χ0n) is 9.22. The number of carbonyl (C=O) groups excluding carboxylic acids is 1. The second-order valence-electron chi connectivity index (χ2n) is 4.35. The largest absolute Gasteiger partial charge is 0.290 e. The number of sulfonamides is 1. The number of piperidine rings is 1. The van der Waals surface area contributed by atoms with E-state index in [2.05, 4.69) is 0 Å². The van der Waals surface area contributed by atoms with Crippen molar-refractivity contribution in [2.24, 2.45) is 0 Å². The summed E-state index contributed by atoms with van der Waals surface area (Å²) in [6, 6.07) is 0. The Morgan fingerprint density at radius 3 is 2.44 bits per heavy atom. The molecule has 1 aliphatic heterocycles. The first-order chi connectivity index (χ1) is 7.44. The van der Waals surface area contributed by atoms with Gasteiger partial charge in [-0.25, -0.2) is 8.42 Å². The van der Waals surface area contributed by atoms with E-state index in [4.69, 9.17) is 0 Å². The number of ketones is 1. The smallest absolute Gasteiger partial charge is 0.212 e. The molecule has 1 fully saturated rings. The third kappa shape index (κ3) is 1.97. The van der Waals surface area contributed by atoms with E-state index in [9.17, 15) is 13.2 Å². The van der Waals surface area contributed by atoms with Crippen molar-refractivity contribution < 1.29 is 13.2 Å². The molecule has 0 amide bonds. The summed E-state index contributed by atoms with van der Waals surface area (Å²) in [5.74, 6) is -0.0790. The molecule has 0 aromatic carbocycles. The summed E-state index contributed by atoms with van der Waals surface area (Å²) < 4.78 is 24.9. The maximum atomic E-state index is 11.7. The fourth-order valence-corrected chi connectivity index (χ4v) is 3.66. The lowest BCUT2D eigenvalue weighted by atomic mass is 9.85. The molecule has 1 aliphatic carbocycles. The second kappa shape index (κ2) is 3.82. The molecule has 0 saturated carbocycles. The Morgan fingerprint density at radius 1 is 1.25 bits per heavy atom. The third-order valence-electron chi connectivity index (χ3n) is 3.13. The predicted octanol–water partition coefficient (Wildman–Crippen LogP) is 0.866. The highest BCUT2D eigenvalue weighted by Gasteiger charge is 2.40. The summed E-state index contributed by atoms with van der Waals surface area (Å²) in [5.41, 5.74) is -0.597. The van der Waals surface area contributed by atoms with E-state index in [1.807, 2.05) is 0 Å². The standard InChI is InChI=1S/C11H15NO3S/c1-16(14,15)12-9-3-2-6-11(12)7-4-10(13)5-8-11/h4-5,7-8H,2-3,6,9H2,1H3. The van der Waals surface area contributed by atoms with Crippen LogP contribution in [-0.2, 0) is 14.8 Å². The zero-order chi connectivity index (χ0) is 11.8. The first kappa shape index (κ1) is 11.5. The van der Waals surface area contributed by atoms with E-state index in [0.29, 0.717) is 6.54 Å². The topological polar surface area (TPSA) is 54.5 Å². The van der Waals surface area contributed by atoms with Crippen molar-refractivity contribution in [3.8, 4) is 0 Å². The SMILES string of the molecule is CS(=O)(=O)N1CCCCC12C=CC(=O)C=C2. The highest BCUT2D eigenvalue weighted by molar-refractivity contribution is 7.88. The second-order valence-corrected chi connectivity index (χ2v) is 6.26. The van der Waals surface area contributed by atoms with Crippen molar-refractivity contribution in [3.63, 3.8) is 0 Å². The van der Waals surface area contributed by atoms with Crippen LogP contribution in [0.3, 0.4) is 0 Å². The quantitative estimate of drug-likeness (QED) is 0.684. The molecule has 2 aliphatic rings. The maximum absolute atomic E-state index is 11.7. The molecule has 4 nitrogen and oxygen atoms in total. The number of carbonyl (C=O) groups is 1. The average Bonchev–Trinajstić information content (AvgIpc) is 2.22. The fourth-order valence-electron chi connectivity index (χ4n) is 2.37. The Bertz CT molecular complexity index is 446. The minimum absolute atomic E-state index is 0.0790. The normalized spacial score (nSPS) is 25.2. The molecule has 2 rings (SSSR count). The van der Waals surface area contributed by atoms with Crippen LogP contribution in [0.4, 0.5) is 0 Å². The number of rotatable bonds is 1. The molecule has 0 aromatic heterocycles. The Hall–Kier alpha value is -0.940. The van der Waals surface area contributed by atoms with Crippen LogP contribution in [0.1, 0.15) is 19.3 Å². The highest BCUT2D eigenvalue weighted by atomic mass is 32.2. The Morgan fingerprint density at radius 2 is 1.88 bits per heavy atom. The van der Waals surface area contributed by atoms with Crippen molar-refractivity contribution in [2.75, 3.05) is 12.8 Å². The molecule has 0 atom stereocenters. The van der Waals surface area contributed by atoms with Crippen molar-refractivity contribution in [1.82, 2.24) is 4.31 Å². The molecule has 1 saturated heterocycles. The summed E-state index contributed by atoms with van der Waals surface area (Å²) in [6.07, 6.45) is 10.2. The minimum Gasteiger partial charge on any atom is -0.290 e. The van der Waals surface area contributed by atoms with E-state index in [-0.39, 0.29) is 5.78 Å². The summed E-state index contributed by atoms with van der Waals surface area (Å²) in [5, 5.41) is 0. The summed E-state index contributed by atoms with van der Waals surface area (Å²) in [7, 11) is -3.23. The zero-order valence-corrected chi connectivity index (χ0v) is 10.0. The van der Waals surface area contributed by atoms with E-state index in [0.717, 1.165) is 19.3 Å². The van der Waals surface area contributed by atoms with Gasteiger partial charge < -0.3 is 0 Å². The van der Waals surface area contributed by atoms with Gasteiger partial charge >= 0.3 is 0 Å². The summed E-state index contributed by atoms with van der Waals surface area (Å²) in [4.78, 5) is 11.1. The van der Waals surface area contributed by atoms with Crippen molar-refractivity contribution in [2.45, 2.75) is 24.8 Å². The maximum Gasteiger partial charge on any atom is 0.212 e. The van der Waals surface area contributed by atoms with Gasteiger partial charge in [-0.2, -0.15) is 4.31 Å². The van der Waals surface area contributed by atoms with E-state index in [1.54, 1.807) is 12.2 Å². The third-order valence-corrected chi connectivity index (χ3v) is 4.45. The van der Waals surface area contributed by atoms with Gasteiger partial charge in [0.25, 0.3) is 0 Å². The minimum atomic E-state index is -3.23. The van der Waals surface area contributed by atoms with Crippen LogP contribution in [0.2, 0.25) is 0 Å². The molecule has 88 valence electrons. The average molecular weight is 241 g/mol. The van der Waals surface area contributed by atoms with Gasteiger partial charge in [0.2, 0.25) is 10.0 Å². The number of nitrogens with zero attached hydrogens (tertiary/aromatic N) is 1. The number of hydrogen-bond acceptors (Lipinski definition) is 3. The summed E-state index contributed by atoms with van der Waals surface area (Å²) >= 11 is 0. The molecule has 1 heterocycles. The molecule has 0 N–H and O–H groups in total. The van der Waals surface area contributed by atoms with Crippen LogP contribution in [-0.4, -0.2) is 36.8 Å². The van der Waals surface area contributed by atoms with E-state index >= 15 is 0 Å². The lowest BCUT2D eigenvalue weighted by molar-refractivity contribution is -0.110. The molecular formula is C11H15NO3S. The van der Waals surface area contributed by atoms with Crippen molar-refractivity contribution in [3.05, 3.63) is 24.3 Å². The van der Waals surface area contributed by atoms with Crippen LogP contribution in [0.5, 0.6) is 0 Å². The molecular weight excluding hydrogens is 226 g/mol. The summed E-state index contributed by atoms with van der Waals surface area (Å²) in [6.45, 7) is 0.529. The van der Waals surface area contributed by atoms with Gasteiger partial charge in [-0.3, -0.25) is 4.79 Å². The fraction of sp³-hybridized carbons (Fsp3) is 0.545. The molecule has 0 unspecified atom stereocenters. The van der Waals surface area contributed by atoms with Gasteiger partial charge in [-0.1, -0.05) is 12.2 Å². The number of hydrogen-bond donors (Lipinski definition) is 0. The van der Waals surface area contributed by atoms with Crippen LogP contribution < -0.4 is 0 Å². The first-order valence-electron chi connectivity index (χ1n) is 5.34. The Kier molecular flexibility index (Phi) is 2.75. The van der Waals surface area contributed by atoms with Crippen LogP contribution in [0.15, 0.2) is 24.3 Å². The van der Waals surface area contributed by atoms with Crippen LogP contribution in [0.25, 0.3) is 0 Å². The van der Waals surface area contributed by atoms with Gasteiger partial charge in [0.15, 0.2) is 5.78 Å². The van der Waals surface area contributed by atoms with Gasteiger partial charge in [-0.05, 0) is 31.4 Å². The molecule has 16 heavy (non-hydrogen) atoms.